The number of carboxylic acids is 1. The summed E-state index contributed by atoms with van der Waals surface area (Å²) >= 11 is 5.88. The van der Waals surface area contributed by atoms with E-state index in [0.29, 0.717) is 16.5 Å². The van der Waals surface area contributed by atoms with Crippen LogP contribution >= 0.6 is 11.6 Å². The van der Waals surface area contributed by atoms with E-state index in [9.17, 15) is 4.79 Å². The lowest BCUT2D eigenvalue weighted by Gasteiger charge is -2.11. The first kappa shape index (κ1) is 12.8. The number of hydrogen-bond donors (Lipinski definition) is 1. The first-order chi connectivity index (χ1) is 9.63. The highest BCUT2D eigenvalue weighted by Crippen LogP contribution is 2.33. The van der Waals surface area contributed by atoms with Gasteiger partial charge in [0.25, 0.3) is 0 Å². The summed E-state index contributed by atoms with van der Waals surface area (Å²) in [6, 6.07) is 14.8. The Balaban J connectivity index is 2.18. The van der Waals surface area contributed by atoms with Crippen molar-refractivity contribution < 1.29 is 14.3 Å². The molecule has 1 N–H and O–H groups in total. The van der Waals surface area contributed by atoms with Gasteiger partial charge < -0.3 is 9.52 Å². The number of fused-ring (bicyclic) bond motifs is 1. The molecule has 20 heavy (non-hydrogen) atoms. The molecule has 0 saturated heterocycles. The summed E-state index contributed by atoms with van der Waals surface area (Å²) < 4.78 is 5.71. The van der Waals surface area contributed by atoms with Crippen LogP contribution in [0, 0.1) is 0 Å². The number of halogens is 1. The van der Waals surface area contributed by atoms with Crippen LogP contribution in [0.25, 0.3) is 22.5 Å². The van der Waals surface area contributed by atoms with Crippen molar-refractivity contribution in [1.82, 2.24) is 0 Å². The van der Waals surface area contributed by atoms with E-state index in [0.717, 1.165) is 16.7 Å². The van der Waals surface area contributed by atoms with Gasteiger partial charge in [0.2, 0.25) is 0 Å². The molecule has 1 aromatic carbocycles. The Bertz CT molecular complexity index is 728. The Morgan fingerprint density at radius 3 is 2.55 bits per heavy atom. The molecule has 3 nitrogen and oxygen atoms in total. The Labute approximate surface area is 120 Å². The number of aliphatic carboxylic acids is 1. The molecule has 0 fully saturated rings. The maximum atomic E-state index is 11.0. The highest BCUT2D eigenvalue weighted by Gasteiger charge is 2.16. The van der Waals surface area contributed by atoms with Crippen LogP contribution in [0.1, 0.15) is 5.76 Å². The average molecular weight is 287 g/mol. The van der Waals surface area contributed by atoms with Crippen molar-refractivity contribution in [3.63, 3.8) is 0 Å². The third-order valence-corrected chi connectivity index (χ3v) is 3.36. The maximum absolute atomic E-state index is 11.0. The van der Waals surface area contributed by atoms with Crippen LogP contribution in [0.3, 0.4) is 0 Å². The van der Waals surface area contributed by atoms with Crippen LogP contribution in [0.4, 0.5) is 0 Å². The van der Waals surface area contributed by atoms with Crippen LogP contribution in [0.2, 0.25) is 5.02 Å². The van der Waals surface area contributed by atoms with Crippen molar-refractivity contribution in [3.8, 4) is 22.5 Å². The number of rotatable bonds is 3. The maximum Gasteiger partial charge on any atom is 0.311 e. The van der Waals surface area contributed by atoms with Crippen molar-refractivity contribution in [1.29, 1.82) is 0 Å². The fourth-order valence-electron chi connectivity index (χ4n) is 2.20. The van der Waals surface area contributed by atoms with E-state index in [2.05, 4.69) is 0 Å². The van der Waals surface area contributed by atoms with Gasteiger partial charge in [-0.05, 0) is 29.8 Å². The molecule has 0 aromatic heterocycles. The molecule has 1 aromatic rings. The zero-order valence-corrected chi connectivity index (χ0v) is 11.2. The van der Waals surface area contributed by atoms with Crippen LogP contribution in [-0.2, 0) is 11.2 Å². The van der Waals surface area contributed by atoms with Crippen molar-refractivity contribution >= 4 is 17.6 Å². The summed E-state index contributed by atoms with van der Waals surface area (Å²) in [4.78, 5) is 11.0. The predicted molar refractivity (Wildman–Crippen MR) is 77.1 cm³/mol. The van der Waals surface area contributed by atoms with Gasteiger partial charge in [0, 0.05) is 16.1 Å². The summed E-state index contributed by atoms with van der Waals surface area (Å²) in [5, 5.41) is 9.66. The molecule has 1 heterocycles. The second kappa shape index (κ2) is 5.02. The number of benzene rings is 1. The molecule has 0 spiro atoms. The number of hydrogen-bond acceptors (Lipinski definition) is 2. The first-order valence-electron chi connectivity index (χ1n) is 6.12. The molecule has 3 rings (SSSR count). The summed E-state index contributed by atoms with van der Waals surface area (Å²) in [6.45, 7) is 0. The largest absolute Gasteiger partial charge is 0.481 e. The standard InChI is InChI=1S/C16H11ClO3/c17-12-6-4-10(5-7-12)13-8-11-2-1-3-14(11)20-15(13)9-16(18)19/h1-8H,9H2,(H,18,19). The molecular formula is C16H11ClO3. The third kappa shape index (κ3) is 2.40. The molecule has 1 aliphatic heterocycles. The second-order valence-corrected chi connectivity index (χ2v) is 4.94. The quantitative estimate of drug-likeness (QED) is 0.779. The Morgan fingerprint density at radius 1 is 1.10 bits per heavy atom. The molecule has 0 unspecified atom stereocenters. The molecule has 0 amide bonds. The van der Waals surface area contributed by atoms with Gasteiger partial charge in [0.05, 0.1) is 0 Å². The predicted octanol–water partition coefficient (Wildman–Crippen LogP) is 4.33. The normalized spacial score (nSPS) is 10.8. The summed E-state index contributed by atoms with van der Waals surface area (Å²) in [7, 11) is 0. The molecule has 1 aliphatic carbocycles. The van der Waals surface area contributed by atoms with Gasteiger partial charge in [-0.3, -0.25) is 4.79 Å². The highest BCUT2D eigenvalue weighted by molar-refractivity contribution is 6.30. The van der Waals surface area contributed by atoms with Crippen molar-refractivity contribution in [2.75, 3.05) is 0 Å². The molecule has 0 radical (unpaired) electrons. The Hall–Kier alpha value is -2.26. The fourth-order valence-corrected chi connectivity index (χ4v) is 2.32. The lowest BCUT2D eigenvalue weighted by atomic mass is 10.0. The lowest BCUT2D eigenvalue weighted by Crippen LogP contribution is -2.02. The summed E-state index contributed by atoms with van der Waals surface area (Å²) in [5.74, 6) is 0.215. The lowest BCUT2D eigenvalue weighted by molar-refractivity contribution is -0.136. The minimum atomic E-state index is -0.921. The minimum Gasteiger partial charge on any atom is -0.481 e. The Morgan fingerprint density at radius 2 is 1.85 bits per heavy atom. The SMILES string of the molecule is O=C(O)Cc1oc2cccc-2cc1-c1ccc(Cl)cc1. The minimum absolute atomic E-state index is 0.154. The molecule has 0 atom stereocenters. The Kier molecular flexibility index (Phi) is 3.20. The van der Waals surface area contributed by atoms with Gasteiger partial charge in [-0.2, -0.15) is 0 Å². The van der Waals surface area contributed by atoms with Crippen molar-refractivity contribution in [2.24, 2.45) is 0 Å². The van der Waals surface area contributed by atoms with Gasteiger partial charge in [0.1, 0.15) is 17.9 Å². The zero-order valence-electron chi connectivity index (χ0n) is 10.5. The second-order valence-electron chi connectivity index (χ2n) is 4.51. The molecule has 4 heteroatoms. The smallest absolute Gasteiger partial charge is 0.311 e. The van der Waals surface area contributed by atoms with E-state index in [1.807, 2.05) is 36.4 Å². The van der Waals surface area contributed by atoms with Gasteiger partial charge in [-0.1, -0.05) is 35.9 Å². The molecular weight excluding hydrogens is 276 g/mol. The number of carbonyl (C=O) groups is 1. The van der Waals surface area contributed by atoms with Crippen LogP contribution in [0.5, 0.6) is 0 Å². The third-order valence-electron chi connectivity index (χ3n) is 3.11. The van der Waals surface area contributed by atoms with E-state index >= 15 is 0 Å². The van der Waals surface area contributed by atoms with E-state index in [1.165, 1.54) is 0 Å². The van der Waals surface area contributed by atoms with Crippen LogP contribution in [0.15, 0.2) is 52.9 Å². The topological polar surface area (TPSA) is 50.4 Å². The van der Waals surface area contributed by atoms with E-state index in [4.69, 9.17) is 21.1 Å². The van der Waals surface area contributed by atoms with E-state index < -0.39 is 5.97 Å². The van der Waals surface area contributed by atoms with Crippen molar-refractivity contribution in [2.45, 2.75) is 6.42 Å². The molecule has 0 saturated carbocycles. The summed E-state index contributed by atoms with van der Waals surface area (Å²) in [6.07, 6.45) is -0.154. The monoisotopic (exact) mass is 286 g/mol. The zero-order chi connectivity index (χ0) is 14.1. The van der Waals surface area contributed by atoms with Gasteiger partial charge in [-0.25, -0.2) is 0 Å². The van der Waals surface area contributed by atoms with Gasteiger partial charge in [0.15, 0.2) is 0 Å². The van der Waals surface area contributed by atoms with Gasteiger partial charge >= 0.3 is 5.97 Å². The number of carboxylic acid groups (broad SMARTS) is 1. The fraction of sp³-hybridized carbons (Fsp3) is 0.0625. The summed E-state index contributed by atoms with van der Waals surface area (Å²) in [5.41, 5.74) is 2.62. The first-order valence-corrected chi connectivity index (χ1v) is 6.50. The average Bonchev–Trinajstić information content (AvgIpc) is 2.85. The van der Waals surface area contributed by atoms with E-state index in [1.54, 1.807) is 12.1 Å². The molecule has 0 bridgehead atoms. The van der Waals surface area contributed by atoms with Gasteiger partial charge in [-0.15, -0.1) is 0 Å². The van der Waals surface area contributed by atoms with Crippen LogP contribution in [-0.4, -0.2) is 11.1 Å². The van der Waals surface area contributed by atoms with Crippen LogP contribution < -0.4 is 0 Å². The van der Waals surface area contributed by atoms with E-state index in [-0.39, 0.29) is 6.42 Å². The van der Waals surface area contributed by atoms with Crippen molar-refractivity contribution in [3.05, 3.63) is 59.3 Å². The molecule has 100 valence electrons. The highest BCUT2D eigenvalue weighted by atomic mass is 35.5. The molecule has 2 aliphatic rings.